The molecule has 1 heterocycles. The number of para-hydroxylation sites is 1. The average Bonchev–Trinajstić information content (AvgIpc) is 2.68. The van der Waals surface area contributed by atoms with E-state index in [1.807, 2.05) is 36.4 Å². The molecule has 144 valence electrons. The number of carbonyl (C=O) groups is 1. The lowest BCUT2D eigenvalue weighted by molar-refractivity contribution is -0.116. The van der Waals surface area contributed by atoms with Gasteiger partial charge in [-0.2, -0.15) is 9.37 Å². The van der Waals surface area contributed by atoms with Crippen LogP contribution in [0.25, 0.3) is 0 Å². The van der Waals surface area contributed by atoms with E-state index in [1.165, 1.54) is 24.0 Å². The van der Waals surface area contributed by atoms with E-state index in [-0.39, 0.29) is 18.3 Å². The van der Waals surface area contributed by atoms with Crippen molar-refractivity contribution in [2.75, 3.05) is 12.0 Å². The van der Waals surface area contributed by atoms with Crippen LogP contribution < -0.4 is 14.4 Å². The Morgan fingerprint density at radius 1 is 1.11 bits per heavy atom. The van der Waals surface area contributed by atoms with E-state index in [9.17, 15) is 9.18 Å². The van der Waals surface area contributed by atoms with Crippen molar-refractivity contribution in [3.05, 3.63) is 75.7 Å². The molecule has 0 aliphatic carbocycles. The Hall–Kier alpha value is -2.68. The monoisotopic (exact) mass is 491 g/mol. The van der Waals surface area contributed by atoms with Crippen molar-refractivity contribution in [2.45, 2.75) is 13.5 Å². The Morgan fingerprint density at radius 3 is 2.50 bits per heavy atom. The van der Waals surface area contributed by atoms with E-state index < -0.39 is 5.95 Å². The van der Waals surface area contributed by atoms with Crippen molar-refractivity contribution in [1.82, 2.24) is 4.98 Å². The second kappa shape index (κ2) is 9.01. The zero-order valence-corrected chi connectivity index (χ0v) is 17.5. The Balaban J connectivity index is 1.98. The summed E-state index contributed by atoms with van der Waals surface area (Å²) in [4.78, 5) is 17.7. The number of anilines is 1. The molecule has 0 fully saturated rings. The first-order valence-electron chi connectivity index (χ1n) is 8.48. The summed E-state index contributed by atoms with van der Waals surface area (Å²) in [5, 5.41) is 0. The molecule has 7 heteroatoms. The van der Waals surface area contributed by atoms with Gasteiger partial charge in [0.25, 0.3) is 0 Å². The van der Waals surface area contributed by atoms with Gasteiger partial charge in [0.1, 0.15) is 17.2 Å². The topological polar surface area (TPSA) is 51.7 Å². The van der Waals surface area contributed by atoms with Crippen LogP contribution in [-0.4, -0.2) is 18.0 Å². The van der Waals surface area contributed by atoms with Gasteiger partial charge in [0.2, 0.25) is 17.7 Å². The highest BCUT2D eigenvalue weighted by atomic mass is 127. The number of carbonyl (C=O) groups excluding carboxylic acids is 1. The number of ether oxygens (including phenoxy) is 2. The van der Waals surface area contributed by atoms with E-state index in [2.05, 4.69) is 27.6 Å². The van der Waals surface area contributed by atoms with E-state index in [0.29, 0.717) is 17.2 Å². The molecule has 1 aromatic heterocycles. The number of benzene rings is 2. The SMILES string of the molecule is COc1ccccc1CN(C(C)=O)c1ccc([18F])nc1Oc1ccc(I)cc1. The van der Waals surface area contributed by atoms with Crippen LogP contribution in [0.4, 0.5) is 10.1 Å². The fourth-order valence-electron chi connectivity index (χ4n) is 2.68. The molecule has 0 spiro atoms. The molecule has 2 aromatic carbocycles. The second-order valence-electron chi connectivity index (χ2n) is 5.93. The molecule has 3 aromatic rings. The number of aromatic nitrogens is 1. The summed E-state index contributed by atoms with van der Waals surface area (Å²) in [5.74, 6) is 0.257. The van der Waals surface area contributed by atoms with Crippen molar-refractivity contribution < 1.29 is 18.7 Å². The Kier molecular flexibility index (Phi) is 6.45. The molecular formula is C21H18FIN2O3. The quantitative estimate of drug-likeness (QED) is 0.353. The predicted octanol–water partition coefficient (Wildman–Crippen LogP) is 5.18. The highest BCUT2D eigenvalue weighted by Crippen LogP contribution is 2.33. The summed E-state index contributed by atoms with van der Waals surface area (Å²) in [6.07, 6.45) is 0. The molecule has 0 atom stereocenters. The lowest BCUT2D eigenvalue weighted by atomic mass is 10.1. The van der Waals surface area contributed by atoms with Crippen LogP contribution in [-0.2, 0) is 11.3 Å². The van der Waals surface area contributed by atoms with Gasteiger partial charge >= 0.3 is 0 Å². The molecule has 0 N–H and O–H groups in total. The number of nitrogens with zero attached hydrogens (tertiary/aromatic N) is 2. The van der Waals surface area contributed by atoms with Gasteiger partial charge in [-0.15, -0.1) is 0 Å². The molecule has 0 aliphatic heterocycles. The van der Waals surface area contributed by atoms with Crippen molar-refractivity contribution in [1.29, 1.82) is 0 Å². The summed E-state index contributed by atoms with van der Waals surface area (Å²) in [6.45, 7) is 1.67. The first-order valence-corrected chi connectivity index (χ1v) is 9.56. The number of hydrogen-bond acceptors (Lipinski definition) is 4. The average molecular weight is 491 g/mol. The highest BCUT2D eigenvalue weighted by Gasteiger charge is 2.21. The van der Waals surface area contributed by atoms with Gasteiger partial charge < -0.3 is 14.4 Å². The molecule has 0 saturated carbocycles. The first kappa shape index (κ1) is 20.1. The lowest BCUT2D eigenvalue weighted by Crippen LogP contribution is -2.28. The van der Waals surface area contributed by atoms with Crippen LogP contribution in [0.15, 0.2) is 60.7 Å². The van der Waals surface area contributed by atoms with E-state index in [4.69, 9.17) is 9.47 Å². The molecule has 28 heavy (non-hydrogen) atoms. The second-order valence-corrected chi connectivity index (χ2v) is 7.18. The van der Waals surface area contributed by atoms with Crippen molar-refractivity contribution in [2.24, 2.45) is 0 Å². The molecule has 0 radical (unpaired) electrons. The molecule has 1 amide bonds. The molecule has 0 saturated heterocycles. The van der Waals surface area contributed by atoms with Crippen LogP contribution in [0.1, 0.15) is 12.5 Å². The highest BCUT2D eigenvalue weighted by molar-refractivity contribution is 14.1. The van der Waals surface area contributed by atoms with E-state index in [1.54, 1.807) is 19.2 Å². The first-order chi connectivity index (χ1) is 13.5. The maximum Gasteiger partial charge on any atom is 0.246 e. The minimum atomic E-state index is -0.690. The zero-order chi connectivity index (χ0) is 20.1. The van der Waals surface area contributed by atoms with Gasteiger partial charge in [-0.25, -0.2) is 0 Å². The summed E-state index contributed by atoms with van der Waals surface area (Å²) in [7, 11) is 1.57. The molecule has 0 aliphatic rings. The summed E-state index contributed by atoms with van der Waals surface area (Å²) in [6, 6.07) is 17.3. The van der Waals surface area contributed by atoms with Gasteiger partial charge in [-0.1, -0.05) is 18.2 Å². The molecular weight excluding hydrogens is 473 g/mol. The minimum absolute atomic E-state index is 0.0197. The molecule has 0 unspecified atom stereocenters. The largest absolute Gasteiger partial charge is 0.496 e. The van der Waals surface area contributed by atoms with Crippen LogP contribution in [0.5, 0.6) is 17.4 Å². The van der Waals surface area contributed by atoms with Crippen LogP contribution in [0.2, 0.25) is 0 Å². The third kappa shape index (κ3) is 4.78. The Morgan fingerprint density at radius 2 is 1.82 bits per heavy atom. The normalized spacial score (nSPS) is 10.4. The van der Waals surface area contributed by atoms with Crippen LogP contribution >= 0.6 is 22.6 Å². The number of amides is 1. The van der Waals surface area contributed by atoms with Gasteiger partial charge in [0, 0.05) is 16.1 Å². The number of pyridine rings is 1. The standard InChI is InChI=1S/C21H18FIN2O3/c1-14(26)25(13-15-5-3-4-6-19(15)27-2)18-11-12-20(22)24-21(18)28-17-9-7-16(23)8-10-17/h3-12H,13H2,1-2H3/i22-1. The number of halogens is 2. The minimum Gasteiger partial charge on any atom is -0.496 e. The van der Waals surface area contributed by atoms with Gasteiger partial charge in [0.05, 0.1) is 13.7 Å². The van der Waals surface area contributed by atoms with Crippen LogP contribution in [0, 0.1) is 9.52 Å². The Labute approximate surface area is 176 Å². The Bertz CT molecular complexity index is 980. The van der Waals surface area contributed by atoms with Crippen molar-refractivity contribution in [3.8, 4) is 17.4 Å². The van der Waals surface area contributed by atoms with E-state index in [0.717, 1.165) is 9.13 Å². The maximum atomic E-state index is 13.8. The maximum absolute atomic E-state index is 13.8. The zero-order valence-electron chi connectivity index (χ0n) is 15.4. The summed E-state index contributed by atoms with van der Waals surface area (Å²) < 4.78 is 26.0. The number of methoxy groups -OCH3 is 1. The lowest BCUT2D eigenvalue weighted by Gasteiger charge is -2.24. The summed E-state index contributed by atoms with van der Waals surface area (Å²) in [5.41, 5.74) is 1.18. The fourth-order valence-corrected chi connectivity index (χ4v) is 3.03. The van der Waals surface area contributed by atoms with Crippen LogP contribution in [0.3, 0.4) is 0 Å². The number of rotatable bonds is 6. The predicted molar refractivity (Wildman–Crippen MR) is 113 cm³/mol. The smallest absolute Gasteiger partial charge is 0.246 e. The molecule has 0 bridgehead atoms. The van der Waals surface area contributed by atoms with Gasteiger partial charge in [0.15, 0.2) is 0 Å². The van der Waals surface area contributed by atoms with Gasteiger partial charge in [-0.05, 0) is 65.1 Å². The number of hydrogen-bond donors (Lipinski definition) is 0. The molecule has 5 nitrogen and oxygen atoms in total. The third-order valence-corrected chi connectivity index (χ3v) is 4.75. The summed E-state index contributed by atoms with van der Waals surface area (Å²) >= 11 is 2.18. The van der Waals surface area contributed by atoms with Crippen molar-refractivity contribution in [3.63, 3.8) is 0 Å². The fraction of sp³-hybridized carbons (Fsp3) is 0.143. The van der Waals surface area contributed by atoms with E-state index >= 15 is 0 Å². The third-order valence-electron chi connectivity index (χ3n) is 4.03. The van der Waals surface area contributed by atoms with Gasteiger partial charge in [-0.3, -0.25) is 4.79 Å². The van der Waals surface area contributed by atoms with Crippen molar-refractivity contribution >= 4 is 34.2 Å². The molecule has 3 rings (SSSR count).